The van der Waals surface area contributed by atoms with Crippen LogP contribution in [0, 0.1) is 5.92 Å². The molecule has 1 atom stereocenters. The Hall–Kier alpha value is -0.700. The molecule has 1 aromatic heterocycles. The van der Waals surface area contributed by atoms with Crippen LogP contribution in [0.15, 0.2) is 10.4 Å². The molecule has 0 aliphatic carbocycles. The highest BCUT2D eigenvalue weighted by Gasteiger charge is 2.18. The van der Waals surface area contributed by atoms with Crippen LogP contribution in [0.5, 0.6) is 0 Å². The van der Waals surface area contributed by atoms with Crippen molar-refractivity contribution in [1.29, 1.82) is 0 Å². The second kappa shape index (κ2) is 5.52. The largest absolute Gasteiger partial charge is 0.361 e. The molecule has 0 bridgehead atoms. The Morgan fingerprint density at radius 2 is 2.44 bits per heavy atom. The first-order valence-electron chi connectivity index (χ1n) is 5.86. The number of piperidine rings is 1. The van der Waals surface area contributed by atoms with Crippen LogP contribution in [0.25, 0.3) is 0 Å². The van der Waals surface area contributed by atoms with Gasteiger partial charge in [0.15, 0.2) is 9.34 Å². The van der Waals surface area contributed by atoms with Gasteiger partial charge in [-0.1, -0.05) is 11.3 Å². The van der Waals surface area contributed by atoms with Crippen LogP contribution in [-0.2, 0) is 10.0 Å². The van der Waals surface area contributed by atoms with E-state index in [0.717, 1.165) is 31.0 Å². The molecule has 2 heterocycles. The zero-order valence-electron chi connectivity index (χ0n) is 10.3. The highest BCUT2D eigenvalue weighted by atomic mass is 32.2. The second-order valence-corrected chi connectivity index (χ2v) is 7.50. The highest BCUT2D eigenvalue weighted by Crippen LogP contribution is 2.22. The first kappa shape index (κ1) is 13.7. The Morgan fingerprint density at radius 1 is 1.67 bits per heavy atom. The van der Waals surface area contributed by atoms with E-state index in [9.17, 15) is 8.42 Å². The quantitative estimate of drug-likeness (QED) is 0.845. The molecule has 0 saturated carbocycles. The molecule has 18 heavy (non-hydrogen) atoms. The first-order chi connectivity index (χ1) is 8.45. The molecule has 1 unspecified atom stereocenters. The summed E-state index contributed by atoms with van der Waals surface area (Å²) in [5, 5.41) is 8.84. The fourth-order valence-electron chi connectivity index (χ4n) is 2.14. The number of sulfonamides is 1. The second-order valence-electron chi connectivity index (χ2n) is 4.68. The number of aromatic nitrogens is 1. The zero-order valence-corrected chi connectivity index (χ0v) is 11.9. The zero-order chi connectivity index (χ0) is 13.2. The summed E-state index contributed by atoms with van der Waals surface area (Å²) in [7, 11) is -1.51. The van der Waals surface area contributed by atoms with Gasteiger partial charge < -0.3 is 10.2 Å². The number of hydrogen-bond donors (Lipinski definition) is 2. The minimum absolute atomic E-state index is 0.103. The third kappa shape index (κ3) is 3.64. The molecule has 1 saturated heterocycles. The van der Waals surface area contributed by atoms with Gasteiger partial charge in [0.05, 0.1) is 6.20 Å². The van der Waals surface area contributed by atoms with Crippen molar-refractivity contribution in [2.45, 2.75) is 17.1 Å². The molecule has 1 aliphatic heterocycles. The molecule has 0 spiro atoms. The van der Waals surface area contributed by atoms with Crippen LogP contribution in [-0.4, -0.2) is 45.0 Å². The van der Waals surface area contributed by atoms with Crippen LogP contribution in [0.2, 0.25) is 0 Å². The molecule has 8 heteroatoms. The minimum atomic E-state index is -3.63. The number of rotatable bonds is 4. The smallest absolute Gasteiger partial charge is 0.249 e. The van der Waals surface area contributed by atoms with Gasteiger partial charge in [-0.05, 0) is 32.4 Å². The van der Waals surface area contributed by atoms with Crippen LogP contribution in [0.4, 0.5) is 5.13 Å². The van der Waals surface area contributed by atoms with Crippen molar-refractivity contribution in [2.75, 3.05) is 32.0 Å². The fraction of sp³-hybridized carbons (Fsp3) is 0.700. The van der Waals surface area contributed by atoms with Gasteiger partial charge in [-0.15, -0.1) is 0 Å². The van der Waals surface area contributed by atoms with Crippen molar-refractivity contribution in [3.05, 3.63) is 6.20 Å². The molecule has 0 aromatic carbocycles. The summed E-state index contributed by atoms with van der Waals surface area (Å²) in [4.78, 5) is 6.33. The average molecular weight is 290 g/mol. The topological polar surface area (TPSA) is 88.3 Å². The average Bonchev–Trinajstić information content (AvgIpc) is 2.74. The lowest BCUT2D eigenvalue weighted by molar-refractivity contribution is 0.217. The van der Waals surface area contributed by atoms with Crippen molar-refractivity contribution in [2.24, 2.45) is 11.1 Å². The molecule has 2 rings (SSSR count). The summed E-state index contributed by atoms with van der Waals surface area (Å²) in [6, 6.07) is 0. The van der Waals surface area contributed by atoms with E-state index in [2.05, 4.69) is 22.2 Å². The molecule has 3 N–H and O–H groups in total. The van der Waals surface area contributed by atoms with Crippen molar-refractivity contribution < 1.29 is 8.42 Å². The summed E-state index contributed by atoms with van der Waals surface area (Å²) in [6.45, 7) is 3.05. The van der Waals surface area contributed by atoms with E-state index < -0.39 is 10.0 Å². The number of nitrogens with two attached hydrogens (primary N) is 1. The Morgan fingerprint density at radius 3 is 3.06 bits per heavy atom. The first-order valence-corrected chi connectivity index (χ1v) is 8.22. The lowest BCUT2D eigenvalue weighted by atomic mass is 9.99. The van der Waals surface area contributed by atoms with Gasteiger partial charge in [0.25, 0.3) is 0 Å². The maximum Gasteiger partial charge on any atom is 0.249 e. The van der Waals surface area contributed by atoms with Crippen molar-refractivity contribution in [3.63, 3.8) is 0 Å². The molecular weight excluding hydrogens is 272 g/mol. The summed E-state index contributed by atoms with van der Waals surface area (Å²) < 4.78 is 22.3. The number of primary sulfonamides is 1. The third-order valence-corrected chi connectivity index (χ3v) is 5.39. The summed E-state index contributed by atoms with van der Waals surface area (Å²) in [6.07, 6.45) is 3.71. The molecule has 6 nitrogen and oxygen atoms in total. The van der Waals surface area contributed by atoms with Gasteiger partial charge in [-0.2, -0.15) is 0 Å². The lowest BCUT2D eigenvalue weighted by Gasteiger charge is -2.29. The Labute approximate surface area is 111 Å². The number of nitrogens with one attached hydrogen (secondary N) is 1. The maximum absolute atomic E-state index is 11.1. The van der Waals surface area contributed by atoms with Gasteiger partial charge in [-0.3, -0.25) is 0 Å². The highest BCUT2D eigenvalue weighted by molar-refractivity contribution is 7.91. The molecule has 1 aromatic rings. The van der Waals surface area contributed by atoms with E-state index in [1.165, 1.54) is 19.0 Å². The van der Waals surface area contributed by atoms with Crippen LogP contribution >= 0.6 is 11.3 Å². The minimum Gasteiger partial charge on any atom is -0.361 e. The van der Waals surface area contributed by atoms with Gasteiger partial charge in [0.1, 0.15) is 0 Å². The van der Waals surface area contributed by atoms with Crippen molar-refractivity contribution >= 4 is 26.5 Å². The summed E-state index contributed by atoms with van der Waals surface area (Å²) in [5.41, 5.74) is 0. The molecule has 0 amide bonds. The molecule has 1 fully saturated rings. The van der Waals surface area contributed by atoms with E-state index >= 15 is 0 Å². The number of nitrogens with zero attached hydrogens (tertiary/aromatic N) is 2. The van der Waals surface area contributed by atoms with Gasteiger partial charge in [0.2, 0.25) is 10.0 Å². The molecule has 0 radical (unpaired) electrons. The standard InChI is InChI=1S/C10H18N4O2S2/c1-14-4-2-3-8(7-14)5-12-10-13-6-9(17-10)18(11,15)16/h6,8H,2-5,7H2,1H3,(H,12,13)(H2,11,15,16). The maximum atomic E-state index is 11.1. The predicted octanol–water partition coefficient (Wildman–Crippen LogP) is 0.544. The number of thiazole rings is 1. The molecular formula is C10H18N4O2S2. The van der Waals surface area contributed by atoms with Crippen LogP contribution in [0.3, 0.4) is 0 Å². The van der Waals surface area contributed by atoms with Gasteiger partial charge in [0, 0.05) is 13.1 Å². The van der Waals surface area contributed by atoms with Crippen molar-refractivity contribution in [3.8, 4) is 0 Å². The number of hydrogen-bond acceptors (Lipinski definition) is 6. The van der Waals surface area contributed by atoms with E-state index in [1.54, 1.807) is 0 Å². The van der Waals surface area contributed by atoms with E-state index in [4.69, 9.17) is 5.14 Å². The van der Waals surface area contributed by atoms with Gasteiger partial charge >= 0.3 is 0 Å². The summed E-state index contributed by atoms with van der Waals surface area (Å²) in [5.74, 6) is 0.589. The third-order valence-electron chi connectivity index (χ3n) is 3.03. The van der Waals surface area contributed by atoms with Gasteiger partial charge in [-0.25, -0.2) is 18.5 Å². The van der Waals surface area contributed by atoms with E-state index in [0.29, 0.717) is 11.0 Å². The Kier molecular flexibility index (Phi) is 4.21. The molecule has 102 valence electrons. The van der Waals surface area contributed by atoms with Crippen LogP contribution in [0.1, 0.15) is 12.8 Å². The van der Waals surface area contributed by atoms with E-state index in [1.807, 2.05) is 0 Å². The van der Waals surface area contributed by atoms with Crippen molar-refractivity contribution in [1.82, 2.24) is 9.88 Å². The lowest BCUT2D eigenvalue weighted by Crippen LogP contribution is -2.35. The normalized spacial score (nSPS) is 22.0. The SMILES string of the molecule is CN1CCCC(CNc2ncc(S(N)(=O)=O)s2)C1. The number of likely N-dealkylation sites (tertiary alicyclic amines) is 1. The number of anilines is 1. The Balaban J connectivity index is 1.88. The predicted molar refractivity (Wildman–Crippen MR) is 72.2 cm³/mol. The summed E-state index contributed by atoms with van der Waals surface area (Å²) >= 11 is 1.08. The molecule has 1 aliphatic rings. The van der Waals surface area contributed by atoms with Crippen LogP contribution < -0.4 is 10.5 Å². The fourth-order valence-corrected chi connectivity index (χ4v) is 3.60. The monoisotopic (exact) mass is 290 g/mol. The Bertz CT molecular complexity index is 500. The van der Waals surface area contributed by atoms with E-state index in [-0.39, 0.29) is 4.21 Å².